The summed E-state index contributed by atoms with van der Waals surface area (Å²) in [6.45, 7) is 1.28. The second-order valence-electron chi connectivity index (χ2n) is 2.79. The minimum Gasteiger partial charge on any atom is -0.496 e. The molecule has 80 valence electrons. The van der Waals surface area contributed by atoms with E-state index in [1.165, 1.54) is 14.0 Å². The van der Waals surface area contributed by atoms with Crippen molar-refractivity contribution in [3.8, 4) is 5.75 Å². The van der Waals surface area contributed by atoms with Crippen molar-refractivity contribution in [2.75, 3.05) is 7.11 Å². The number of ether oxygens (including phenoxy) is 1. The Hall–Kier alpha value is -1.18. The van der Waals surface area contributed by atoms with Crippen LogP contribution in [0.4, 0.5) is 5.69 Å². The van der Waals surface area contributed by atoms with Crippen LogP contribution in [0.3, 0.4) is 0 Å². The van der Waals surface area contributed by atoms with Crippen LogP contribution >= 0.6 is 22.6 Å². The highest BCUT2D eigenvalue weighted by Gasteiger charge is 2.25. The van der Waals surface area contributed by atoms with Crippen molar-refractivity contribution in [1.82, 2.24) is 0 Å². The Balaban J connectivity index is 3.58. The predicted octanol–water partition coefficient (Wildman–Crippen LogP) is 2.41. The molecule has 0 saturated carbocycles. The van der Waals surface area contributed by atoms with Crippen molar-refractivity contribution >= 4 is 34.1 Å². The van der Waals surface area contributed by atoms with Crippen molar-refractivity contribution in [2.24, 2.45) is 0 Å². The summed E-state index contributed by atoms with van der Waals surface area (Å²) in [7, 11) is 1.37. The van der Waals surface area contributed by atoms with Crippen LogP contribution in [0.25, 0.3) is 0 Å². The van der Waals surface area contributed by atoms with Crippen LogP contribution in [0.1, 0.15) is 17.3 Å². The molecule has 0 aromatic heterocycles. The summed E-state index contributed by atoms with van der Waals surface area (Å²) < 4.78 is 5.34. The molecule has 0 atom stereocenters. The number of carbonyl (C=O) groups is 1. The number of rotatable bonds is 3. The van der Waals surface area contributed by atoms with Crippen LogP contribution in [-0.4, -0.2) is 17.8 Å². The van der Waals surface area contributed by atoms with Gasteiger partial charge in [0, 0.05) is 0 Å². The quantitative estimate of drug-likeness (QED) is 0.371. The Morgan fingerprint density at radius 1 is 1.53 bits per heavy atom. The van der Waals surface area contributed by atoms with Gasteiger partial charge in [-0.2, -0.15) is 0 Å². The fourth-order valence-electron chi connectivity index (χ4n) is 1.24. The van der Waals surface area contributed by atoms with E-state index < -0.39 is 4.92 Å². The molecular formula is C9H8INO4. The van der Waals surface area contributed by atoms with Crippen molar-refractivity contribution in [3.63, 3.8) is 0 Å². The van der Waals surface area contributed by atoms with Gasteiger partial charge in [-0.3, -0.25) is 14.9 Å². The van der Waals surface area contributed by atoms with Crippen molar-refractivity contribution < 1.29 is 14.5 Å². The molecule has 6 heteroatoms. The topological polar surface area (TPSA) is 69.4 Å². The number of nitro groups is 1. The Bertz CT molecular complexity index is 430. The van der Waals surface area contributed by atoms with Gasteiger partial charge in [0.15, 0.2) is 5.78 Å². The first-order valence-corrected chi connectivity index (χ1v) is 5.08. The number of halogens is 1. The second kappa shape index (κ2) is 4.56. The third-order valence-electron chi connectivity index (χ3n) is 1.85. The summed E-state index contributed by atoms with van der Waals surface area (Å²) in [4.78, 5) is 21.6. The molecule has 0 N–H and O–H groups in total. The molecule has 0 unspecified atom stereocenters. The lowest BCUT2D eigenvalue weighted by Gasteiger charge is -2.07. The molecule has 1 aromatic rings. The van der Waals surface area contributed by atoms with E-state index >= 15 is 0 Å². The fourth-order valence-corrected chi connectivity index (χ4v) is 1.88. The molecule has 0 aliphatic heterocycles. The maximum atomic E-state index is 11.3. The molecular weight excluding hydrogens is 313 g/mol. The van der Waals surface area contributed by atoms with Crippen LogP contribution in [0.15, 0.2) is 12.1 Å². The highest BCUT2D eigenvalue weighted by atomic mass is 127. The zero-order valence-corrected chi connectivity index (χ0v) is 10.3. The molecule has 0 heterocycles. The van der Waals surface area contributed by atoms with Gasteiger partial charge in [0.05, 0.1) is 15.6 Å². The second-order valence-corrected chi connectivity index (χ2v) is 3.95. The van der Waals surface area contributed by atoms with E-state index in [2.05, 4.69) is 0 Å². The van der Waals surface area contributed by atoms with Crippen LogP contribution in [0.2, 0.25) is 0 Å². The fraction of sp³-hybridized carbons (Fsp3) is 0.222. The van der Waals surface area contributed by atoms with E-state index in [9.17, 15) is 14.9 Å². The molecule has 5 nitrogen and oxygen atoms in total. The average molecular weight is 321 g/mol. The maximum absolute atomic E-state index is 11.3. The lowest BCUT2D eigenvalue weighted by molar-refractivity contribution is -0.386. The highest BCUT2D eigenvalue weighted by molar-refractivity contribution is 14.1. The van der Waals surface area contributed by atoms with Crippen LogP contribution < -0.4 is 4.74 Å². The summed E-state index contributed by atoms with van der Waals surface area (Å²) in [5, 5.41) is 10.8. The first-order valence-electron chi connectivity index (χ1n) is 4.00. The van der Waals surface area contributed by atoms with E-state index in [1.54, 1.807) is 12.1 Å². The monoisotopic (exact) mass is 321 g/mol. The number of nitrogens with zero attached hydrogens (tertiary/aromatic N) is 1. The van der Waals surface area contributed by atoms with E-state index in [0.29, 0.717) is 3.57 Å². The van der Waals surface area contributed by atoms with Crippen LogP contribution in [0, 0.1) is 13.7 Å². The third-order valence-corrected chi connectivity index (χ3v) is 2.72. The lowest BCUT2D eigenvalue weighted by atomic mass is 10.1. The Kier molecular flexibility index (Phi) is 3.61. The summed E-state index contributed by atoms with van der Waals surface area (Å²) >= 11 is 1.82. The average Bonchev–Trinajstić information content (AvgIpc) is 2.16. The number of ketones is 1. The zero-order chi connectivity index (χ0) is 11.6. The van der Waals surface area contributed by atoms with Gasteiger partial charge in [-0.15, -0.1) is 0 Å². The number of hydrogen-bond donors (Lipinski definition) is 0. The minimum absolute atomic E-state index is 0.0226. The maximum Gasteiger partial charge on any atom is 0.297 e. The van der Waals surface area contributed by atoms with E-state index in [-0.39, 0.29) is 22.8 Å². The van der Waals surface area contributed by atoms with E-state index in [1.807, 2.05) is 22.6 Å². The molecule has 0 fully saturated rings. The molecule has 0 aliphatic rings. The summed E-state index contributed by atoms with van der Waals surface area (Å²) in [5.41, 5.74) is -0.170. The number of benzene rings is 1. The van der Waals surface area contributed by atoms with Gasteiger partial charge >= 0.3 is 0 Å². The van der Waals surface area contributed by atoms with Gasteiger partial charge in [-0.05, 0) is 41.6 Å². The largest absolute Gasteiger partial charge is 0.496 e. The van der Waals surface area contributed by atoms with Crippen molar-refractivity contribution in [2.45, 2.75) is 6.92 Å². The van der Waals surface area contributed by atoms with Gasteiger partial charge in [-0.1, -0.05) is 0 Å². The van der Waals surface area contributed by atoms with Crippen molar-refractivity contribution in [3.05, 3.63) is 31.4 Å². The van der Waals surface area contributed by atoms with Crippen molar-refractivity contribution in [1.29, 1.82) is 0 Å². The number of hydrogen-bond acceptors (Lipinski definition) is 4. The van der Waals surface area contributed by atoms with Crippen LogP contribution in [-0.2, 0) is 0 Å². The highest BCUT2D eigenvalue weighted by Crippen LogP contribution is 2.33. The number of Topliss-reactive ketones (excluding diaryl/α,β-unsaturated/α-hetero) is 1. The Morgan fingerprint density at radius 3 is 2.53 bits per heavy atom. The van der Waals surface area contributed by atoms with Gasteiger partial charge in [0.25, 0.3) is 5.69 Å². The molecule has 0 amide bonds. The summed E-state index contributed by atoms with van der Waals surface area (Å²) in [5.74, 6) is -0.147. The molecule has 0 saturated heterocycles. The summed E-state index contributed by atoms with van der Waals surface area (Å²) in [6.07, 6.45) is 0. The first-order chi connectivity index (χ1) is 6.99. The van der Waals surface area contributed by atoms with Crippen LogP contribution in [0.5, 0.6) is 5.75 Å². The molecule has 1 rings (SSSR count). The molecule has 0 spiro atoms. The number of methoxy groups -OCH3 is 1. The molecule has 0 bridgehead atoms. The predicted molar refractivity (Wildman–Crippen MR) is 62.4 cm³/mol. The first kappa shape index (κ1) is 11.9. The van der Waals surface area contributed by atoms with Gasteiger partial charge in [-0.25, -0.2) is 0 Å². The SMILES string of the molecule is COc1ccc(I)c([N+](=O)[O-])c1C(C)=O. The van der Waals surface area contributed by atoms with E-state index in [4.69, 9.17) is 4.74 Å². The zero-order valence-electron chi connectivity index (χ0n) is 8.11. The summed E-state index contributed by atoms with van der Waals surface area (Å²) in [6, 6.07) is 3.09. The number of carbonyl (C=O) groups excluding carboxylic acids is 1. The van der Waals surface area contributed by atoms with Gasteiger partial charge in [0.2, 0.25) is 0 Å². The molecule has 0 aliphatic carbocycles. The molecule has 0 radical (unpaired) electrons. The van der Waals surface area contributed by atoms with Gasteiger partial charge in [0.1, 0.15) is 11.3 Å². The van der Waals surface area contributed by atoms with Gasteiger partial charge < -0.3 is 4.74 Å². The third kappa shape index (κ3) is 2.25. The van der Waals surface area contributed by atoms with E-state index in [0.717, 1.165) is 0 Å². The minimum atomic E-state index is -0.568. The Morgan fingerprint density at radius 2 is 2.13 bits per heavy atom. The molecule has 1 aromatic carbocycles. The smallest absolute Gasteiger partial charge is 0.297 e. The Labute approximate surface area is 99.7 Å². The normalized spacial score (nSPS) is 9.80. The molecule has 15 heavy (non-hydrogen) atoms. The standard InChI is InChI=1S/C9H8INO4/c1-5(12)8-7(15-2)4-3-6(10)9(8)11(13)14/h3-4H,1-2H3. The number of nitro benzene ring substituents is 1. The lowest BCUT2D eigenvalue weighted by Crippen LogP contribution is -2.05.